The van der Waals surface area contributed by atoms with Crippen molar-refractivity contribution in [1.82, 2.24) is 15.2 Å². The second-order valence-corrected chi connectivity index (χ2v) is 8.32. The summed E-state index contributed by atoms with van der Waals surface area (Å²) >= 11 is 0. The number of pyridine rings is 1. The fraction of sp³-hybridized carbons (Fsp3) is 0.417. The first kappa shape index (κ1) is 19.8. The Morgan fingerprint density at radius 3 is 2.62 bits per heavy atom. The molecule has 4 rings (SSSR count). The lowest BCUT2D eigenvalue weighted by Gasteiger charge is -2.32. The van der Waals surface area contributed by atoms with E-state index in [-0.39, 0.29) is 5.69 Å². The highest BCUT2D eigenvalue weighted by molar-refractivity contribution is 5.85. The van der Waals surface area contributed by atoms with E-state index >= 15 is 0 Å². The number of carboxylic acid groups (broad SMARTS) is 1. The molecule has 0 bridgehead atoms. The molecule has 1 aromatic heterocycles. The van der Waals surface area contributed by atoms with Gasteiger partial charge in [0.05, 0.1) is 0 Å². The van der Waals surface area contributed by atoms with Gasteiger partial charge in [-0.1, -0.05) is 48.0 Å². The number of piperidine rings is 1. The number of nitrogens with zero attached hydrogens (tertiary/aromatic N) is 2. The van der Waals surface area contributed by atoms with Gasteiger partial charge in [0.1, 0.15) is 5.69 Å². The van der Waals surface area contributed by atoms with Gasteiger partial charge in [-0.15, -0.1) is 0 Å². The van der Waals surface area contributed by atoms with Gasteiger partial charge in [0.15, 0.2) is 0 Å². The monoisotopic (exact) mass is 391 g/mol. The molecular weight excluding hydrogens is 362 g/mol. The lowest BCUT2D eigenvalue weighted by atomic mass is 10.0. The summed E-state index contributed by atoms with van der Waals surface area (Å²) in [6.45, 7) is 5.22. The van der Waals surface area contributed by atoms with Crippen LogP contribution in [0, 0.1) is 5.92 Å². The normalized spacial score (nSPS) is 23.1. The number of aromatic nitrogens is 1. The smallest absolute Gasteiger partial charge is 0.354 e. The molecular formula is C24H29N3O2. The van der Waals surface area contributed by atoms with Crippen molar-refractivity contribution >= 4 is 12.0 Å². The zero-order valence-corrected chi connectivity index (χ0v) is 16.9. The van der Waals surface area contributed by atoms with Crippen LogP contribution in [0.5, 0.6) is 0 Å². The maximum Gasteiger partial charge on any atom is 0.354 e. The number of benzene rings is 1. The molecule has 2 N–H and O–H groups in total. The molecule has 29 heavy (non-hydrogen) atoms. The van der Waals surface area contributed by atoms with E-state index in [0.717, 1.165) is 38.0 Å². The molecule has 152 valence electrons. The van der Waals surface area contributed by atoms with E-state index in [1.54, 1.807) is 12.3 Å². The molecule has 1 saturated heterocycles. The minimum atomic E-state index is -0.976. The Balaban J connectivity index is 1.21. The quantitative estimate of drug-likeness (QED) is 0.751. The van der Waals surface area contributed by atoms with Gasteiger partial charge in [0, 0.05) is 24.8 Å². The molecule has 0 radical (unpaired) electrons. The van der Waals surface area contributed by atoms with Crippen molar-refractivity contribution in [3.8, 4) is 0 Å². The Bertz CT molecular complexity index is 855. The minimum Gasteiger partial charge on any atom is -0.477 e. The van der Waals surface area contributed by atoms with Gasteiger partial charge in [-0.25, -0.2) is 9.78 Å². The molecule has 1 aliphatic carbocycles. The van der Waals surface area contributed by atoms with Crippen LogP contribution in [0.1, 0.15) is 47.8 Å². The minimum absolute atomic E-state index is 0.104. The van der Waals surface area contributed by atoms with Gasteiger partial charge in [-0.3, -0.25) is 4.90 Å². The number of rotatable bonds is 7. The molecule has 1 aromatic carbocycles. The van der Waals surface area contributed by atoms with Crippen LogP contribution < -0.4 is 5.32 Å². The molecule has 1 saturated carbocycles. The van der Waals surface area contributed by atoms with Crippen molar-refractivity contribution in [2.75, 3.05) is 13.1 Å². The van der Waals surface area contributed by atoms with E-state index in [9.17, 15) is 4.79 Å². The molecule has 0 amide bonds. The first-order chi connectivity index (χ1) is 14.1. The van der Waals surface area contributed by atoms with Gasteiger partial charge >= 0.3 is 5.97 Å². The van der Waals surface area contributed by atoms with Gasteiger partial charge in [0.25, 0.3) is 0 Å². The van der Waals surface area contributed by atoms with Crippen molar-refractivity contribution in [2.24, 2.45) is 5.92 Å². The zero-order valence-electron chi connectivity index (χ0n) is 16.9. The van der Waals surface area contributed by atoms with Crippen molar-refractivity contribution in [3.63, 3.8) is 0 Å². The van der Waals surface area contributed by atoms with E-state index in [0.29, 0.717) is 18.0 Å². The second kappa shape index (κ2) is 8.89. The Morgan fingerprint density at radius 1 is 1.21 bits per heavy atom. The molecule has 2 aliphatic rings. The van der Waals surface area contributed by atoms with E-state index in [2.05, 4.69) is 58.5 Å². The molecule has 0 spiro atoms. The Morgan fingerprint density at radius 2 is 1.97 bits per heavy atom. The standard InChI is InChI=1S/C24H29N3O2/c1-17(13-18-5-3-2-4-6-18)21-14-23(21)26-20-9-11-27(12-10-20)16-19-7-8-22(24(28)29)25-15-19/h2-8,13,15,20-21,23,26H,9-12,14,16H2,1H3,(H,28,29)/b17-13+/t21-,23+/m0/s1. The predicted molar refractivity (Wildman–Crippen MR) is 115 cm³/mol. The van der Waals surface area contributed by atoms with Gasteiger partial charge in [0.2, 0.25) is 0 Å². The lowest BCUT2D eigenvalue weighted by Crippen LogP contribution is -2.43. The van der Waals surface area contributed by atoms with Crippen LogP contribution in [0.2, 0.25) is 0 Å². The number of hydrogen-bond acceptors (Lipinski definition) is 4. The maximum atomic E-state index is 10.9. The van der Waals surface area contributed by atoms with Gasteiger partial charge in [-0.2, -0.15) is 0 Å². The molecule has 5 heteroatoms. The summed E-state index contributed by atoms with van der Waals surface area (Å²) in [5.41, 5.74) is 3.94. The summed E-state index contributed by atoms with van der Waals surface area (Å²) < 4.78 is 0. The molecule has 5 nitrogen and oxygen atoms in total. The first-order valence-corrected chi connectivity index (χ1v) is 10.5. The van der Waals surface area contributed by atoms with Crippen LogP contribution in [0.25, 0.3) is 6.08 Å². The summed E-state index contributed by atoms with van der Waals surface area (Å²) in [5, 5.41) is 12.8. The Labute approximate surface area is 172 Å². The summed E-state index contributed by atoms with van der Waals surface area (Å²) in [4.78, 5) is 17.4. The first-order valence-electron chi connectivity index (χ1n) is 10.5. The van der Waals surface area contributed by atoms with Crippen molar-refractivity contribution in [1.29, 1.82) is 0 Å². The van der Waals surface area contributed by atoms with Crippen LogP contribution in [-0.2, 0) is 6.54 Å². The third-order valence-corrected chi connectivity index (χ3v) is 6.06. The van der Waals surface area contributed by atoms with Crippen molar-refractivity contribution < 1.29 is 9.90 Å². The number of nitrogens with one attached hydrogen (secondary N) is 1. The van der Waals surface area contributed by atoms with E-state index < -0.39 is 5.97 Å². The third-order valence-electron chi connectivity index (χ3n) is 6.06. The highest BCUT2D eigenvalue weighted by atomic mass is 16.4. The van der Waals surface area contributed by atoms with E-state index in [4.69, 9.17) is 5.11 Å². The zero-order chi connectivity index (χ0) is 20.2. The number of carbonyl (C=O) groups is 1. The number of hydrogen-bond donors (Lipinski definition) is 2. The highest BCUT2D eigenvalue weighted by Crippen LogP contribution is 2.38. The summed E-state index contributed by atoms with van der Waals surface area (Å²) in [7, 11) is 0. The molecule has 2 atom stereocenters. The molecule has 2 fully saturated rings. The molecule has 0 unspecified atom stereocenters. The van der Waals surface area contributed by atoms with Crippen molar-refractivity contribution in [3.05, 3.63) is 71.1 Å². The Kier molecular flexibility index (Phi) is 6.07. The maximum absolute atomic E-state index is 10.9. The summed E-state index contributed by atoms with van der Waals surface area (Å²) in [6.07, 6.45) is 7.57. The van der Waals surface area contributed by atoms with Crippen LogP contribution >= 0.6 is 0 Å². The lowest BCUT2D eigenvalue weighted by molar-refractivity contribution is 0.0690. The van der Waals surface area contributed by atoms with Gasteiger partial charge < -0.3 is 10.4 Å². The van der Waals surface area contributed by atoms with E-state index in [1.807, 2.05) is 6.07 Å². The fourth-order valence-corrected chi connectivity index (χ4v) is 4.26. The number of likely N-dealkylation sites (tertiary alicyclic amines) is 1. The third kappa shape index (κ3) is 5.31. The van der Waals surface area contributed by atoms with Crippen molar-refractivity contribution in [2.45, 2.75) is 44.8 Å². The SMILES string of the molecule is C/C(=C\c1ccccc1)[C@@H]1C[C@H]1NC1CCN(Cc2ccc(C(=O)O)nc2)CC1. The summed E-state index contributed by atoms with van der Waals surface area (Å²) in [5.74, 6) is -0.303. The molecule has 2 aromatic rings. The molecule has 1 aliphatic heterocycles. The average molecular weight is 392 g/mol. The van der Waals surface area contributed by atoms with Crippen LogP contribution in [0.4, 0.5) is 0 Å². The van der Waals surface area contributed by atoms with E-state index in [1.165, 1.54) is 17.6 Å². The van der Waals surface area contributed by atoms with Crippen LogP contribution in [0.3, 0.4) is 0 Å². The highest BCUT2D eigenvalue weighted by Gasteiger charge is 2.39. The van der Waals surface area contributed by atoms with Crippen LogP contribution in [-0.4, -0.2) is 46.1 Å². The largest absolute Gasteiger partial charge is 0.477 e. The Hall–Kier alpha value is -2.50. The topological polar surface area (TPSA) is 65.5 Å². The number of carboxylic acids is 1. The second-order valence-electron chi connectivity index (χ2n) is 8.32. The molecule has 2 heterocycles. The average Bonchev–Trinajstić information content (AvgIpc) is 3.50. The van der Waals surface area contributed by atoms with Gasteiger partial charge in [-0.05, 0) is 62.4 Å². The summed E-state index contributed by atoms with van der Waals surface area (Å²) in [6, 6.07) is 15.2. The van der Waals surface area contributed by atoms with Crippen LogP contribution in [0.15, 0.2) is 54.2 Å². The fourth-order valence-electron chi connectivity index (χ4n) is 4.26. The predicted octanol–water partition coefficient (Wildman–Crippen LogP) is 3.83. The number of aromatic carboxylic acids is 1.